The Morgan fingerprint density at radius 2 is 2.38 bits per heavy atom. The lowest BCUT2D eigenvalue weighted by Crippen LogP contribution is -2.11. The summed E-state index contributed by atoms with van der Waals surface area (Å²) in [5.41, 5.74) is 8.77. The Kier molecular flexibility index (Phi) is 2.20. The summed E-state index contributed by atoms with van der Waals surface area (Å²) in [6.07, 6.45) is 1.67. The first-order chi connectivity index (χ1) is 6.31. The van der Waals surface area contributed by atoms with Crippen molar-refractivity contribution in [3.05, 3.63) is 30.1 Å². The molecule has 0 radical (unpaired) electrons. The molecular formula is C9H10ClN3. The van der Waals surface area contributed by atoms with Gasteiger partial charge >= 0.3 is 0 Å². The third-order valence-corrected chi connectivity index (χ3v) is 2.37. The Morgan fingerprint density at radius 3 is 3.15 bits per heavy atom. The lowest BCUT2D eigenvalue weighted by molar-refractivity contribution is 0.828. The summed E-state index contributed by atoms with van der Waals surface area (Å²) in [6, 6.07) is 5.77. The summed E-state index contributed by atoms with van der Waals surface area (Å²) in [5.74, 6) is 0.430. The molecule has 4 heteroatoms. The maximum absolute atomic E-state index is 5.79. The molecule has 0 saturated heterocycles. The summed E-state index contributed by atoms with van der Waals surface area (Å²) < 4.78 is 0. The smallest absolute Gasteiger partial charge is 0.0931 e. The molecule has 1 heterocycles. The largest absolute Gasteiger partial charge is 0.345 e. The molecule has 0 bridgehead atoms. The Hall–Kier alpha value is -1.06. The molecule has 0 fully saturated rings. The summed E-state index contributed by atoms with van der Waals surface area (Å²) >= 11 is 5.66. The normalized spacial score (nSPS) is 13.4. The molecule has 1 atom stereocenters. The monoisotopic (exact) mass is 195 g/mol. The number of hydrogen-bond acceptors (Lipinski definition) is 2. The lowest BCUT2D eigenvalue weighted by Gasteiger charge is -2.06. The van der Waals surface area contributed by atoms with E-state index in [4.69, 9.17) is 17.3 Å². The number of nitrogens with one attached hydrogen (secondary N) is 1. The second-order valence-electron chi connectivity index (χ2n) is 2.94. The number of aromatic nitrogens is 2. The van der Waals surface area contributed by atoms with E-state index in [1.165, 1.54) is 0 Å². The van der Waals surface area contributed by atoms with Crippen LogP contribution in [-0.2, 0) is 0 Å². The Balaban J connectivity index is 2.48. The Bertz CT molecular complexity index is 410. The lowest BCUT2D eigenvalue weighted by atomic mass is 10.1. The predicted molar refractivity (Wildman–Crippen MR) is 53.7 cm³/mol. The van der Waals surface area contributed by atoms with Gasteiger partial charge in [0.1, 0.15) is 0 Å². The number of nitrogens with zero attached hydrogens (tertiary/aromatic N) is 1. The van der Waals surface area contributed by atoms with Gasteiger partial charge in [-0.05, 0) is 17.7 Å². The number of alkyl halides is 1. The van der Waals surface area contributed by atoms with Gasteiger partial charge in [-0.1, -0.05) is 6.07 Å². The van der Waals surface area contributed by atoms with E-state index in [2.05, 4.69) is 9.97 Å². The molecule has 1 unspecified atom stereocenters. The summed E-state index contributed by atoms with van der Waals surface area (Å²) in [4.78, 5) is 7.14. The number of nitrogens with two attached hydrogens (primary N) is 1. The number of hydrogen-bond donors (Lipinski definition) is 2. The van der Waals surface area contributed by atoms with E-state index < -0.39 is 0 Å². The first-order valence-corrected chi connectivity index (χ1v) is 4.59. The molecule has 0 saturated carbocycles. The van der Waals surface area contributed by atoms with E-state index >= 15 is 0 Å². The average Bonchev–Trinajstić information content (AvgIpc) is 2.63. The number of rotatable bonds is 2. The maximum Gasteiger partial charge on any atom is 0.0931 e. The average molecular weight is 196 g/mol. The quantitative estimate of drug-likeness (QED) is 0.718. The van der Waals surface area contributed by atoms with Crippen LogP contribution in [0.3, 0.4) is 0 Å². The van der Waals surface area contributed by atoms with Gasteiger partial charge in [0.15, 0.2) is 0 Å². The van der Waals surface area contributed by atoms with Gasteiger partial charge < -0.3 is 10.7 Å². The molecule has 2 aromatic rings. The van der Waals surface area contributed by atoms with Crippen LogP contribution in [0.1, 0.15) is 11.6 Å². The van der Waals surface area contributed by atoms with Crippen LogP contribution in [0.25, 0.3) is 11.0 Å². The molecule has 2 rings (SSSR count). The second-order valence-corrected chi connectivity index (χ2v) is 3.25. The summed E-state index contributed by atoms with van der Waals surface area (Å²) in [5, 5.41) is 0. The highest BCUT2D eigenvalue weighted by Gasteiger charge is 2.05. The first-order valence-electron chi connectivity index (χ1n) is 4.06. The molecular weight excluding hydrogens is 186 g/mol. The van der Waals surface area contributed by atoms with Crippen molar-refractivity contribution in [3.63, 3.8) is 0 Å². The minimum absolute atomic E-state index is 0.102. The van der Waals surface area contributed by atoms with Crippen molar-refractivity contribution in [1.82, 2.24) is 9.97 Å². The fourth-order valence-electron chi connectivity index (χ4n) is 1.27. The zero-order valence-corrected chi connectivity index (χ0v) is 7.75. The van der Waals surface area contributed by atoms with Gasteiger partial charge in [0.05, 0.1) is 17.4 Å². The number of fused-ring (bicyclic) bond motifs is 1. The number of halogens is 1. The van der Waals surface area contributed by atoms with Gasteiger partial charge in [0.2, 0.25) is 0 Å². The standard InChI is InChI=1S/C9H10ClN3/c10-4-7(11)6-1-2-8-9(3-6)13-5-12-8/h1-3,5,7H,4,11H2,(H,12,13). The second kappa shape index (κ2) is 3.36. The Labute approximate surface area is 80.9 Å². The third-order valence-electron chi connectivity index (χ3n) is 2.04. The van der Waals surface area contributed by atoms with Crippen molar-refractivity contribution >= 4 is 22.6 Å². The minimum atomic E-state index is -0.102. The highest BCUT2D eigenvalue weighted by molar-refractivity contribution is 6.18. The topological polar surface area (TPSA) is 54.7 Å². The molecule has 3 nitrogen and oxygen atoms in total. The van der Waals surface area contributed by atoms with Crippen molar-refractivity contribution in [1.29, 1.82) is 0 Å². The van der Waals surface area contributed by atoms with Gasteiger partial charge in [0, 0.05) is 11.9 Å². The number of benzene rings is 1. The zero-order chi connectivity index (χ0) is 9.26. The number of imidazole rings is 1. The predicted octanol–water partition coefficient (Wildman–Crippen LogP) is 1.80. The Morgan fingerprint density at radius 1 is 1.54 bits per heavy atom. The van der Waals surface area contributed by atoms with E-state index in [0.29, 0.717) is 5.88 Å². The third kappa shape index (κ3) is 1.53. The van der Waals surface area contributed by atoms with Crippen molar-refractivity contribution in [3.8, 4) is 0 Å². The van der Waals surface area contributed by atoms with Crippen LogP contribution in [0.2, 0.25) is 0 Å². The van der Waals surface area contributed by atoms with Crippen LogP contribution in [0.5, 0.6) is 0 Å². The van der Waals surface area contributed by atoms with E-state index in [1.807, 2.05) is 18.2 Å². The molecule has 1 aromatic carbocycles. The molecule has 0 aliphatic rings. The van der Waals surface area contributed by atoms with E-state index in [-0.39, 0.29) is 6.04 Å². The summed E-state index contributed by atoms with van der Waals surface area (Å²) in [7, 11) is 0. The molecule has 68 valence electrons. The van der Waals surface area contributed by atoms with Gasteiger partial charge in [-0.3, -0.25) is 0 Å². The molecule has 1 aromatic heterocycles. The molecule has 0 amide bonds. The van der Waals surface area contributed by atoms with E-state index in [1.54, 1.807) is 6.33 Å². The number of H-pyrrole nitrogens is 1. The molecule has 13 heavy (non-hydrogen) atoms. The highest BCUT2D eigenvalue weighted by Crippen LogP contribution is 2.17. The van der Waals surface area contributed by atoms with Crippen LogP contribution >= 0.6 is 11.6 Å². The van der Waals surface area contributed by atoms with Crippen molar-refractivity contribution < 1.29 is 0 Å². The first kappa shape index (κ1) is 8.53. The van der Waals surface area contributed by atoms with E-state index in [9.17, 15) is 0 Å². The van der Waals surface area contributed by atoms with Crippen molar-refractivity contribution in [2.75, 3.05) is 5.88 Å². The fourth-order valence-corrected chi connectivity index (χ4v) is 1.45. The van der Waals surface area contributed by atoms with Crippen molar-refractivity contribution in [2.45, 2.75) is 6.04 Å². The maximum atomic E-state index is 5.79. The van der Waals surface area contributed by atoms with E-state index in [0.717, 1.165) is 16.6 Å². The van der Waals surface area contributed by atoms with Gasteiger partial charge in [-0.2, -0.15) is 0 Å². The van der Waals surface area contributed by atoms with Gasteiger partial charge in [0.25, 0.3) is 0 Å². The fraction of sp³-hybridized carbons (Fsp3) is 0.222. The highest BCUT2D eigenvalue weighted by atomic mass is 35.5. The van der Waals surface area contributed by atoms with Crippen LogP contribution in [0.15, 0.2) is 24.5 Å². The van der Waals surface area contributed by atoms with Crippen LogP contribution in [0, 0.1) is 0 Å². The molecule has 0 aliphatic carbocycles. The molecule has 0 aliphatic heterocycles. The summed E-state index contributed by atoms with van der Waals surface area (Å²) in [6.45, 7) is 0. The minimum Gasteiger partial charge on any atom is -0.345 e. The van der Waals surface area contributed by atoms with Crippen LogP contribution < -0.4 is 5.73 Å². The van der Waals surface area contributed by atoms with Gasteiger partial charge in [-0.25, -0.2) is 4.98 Å². The van der Waals surface area contributed by atoms with Crippen LogP contribution in [-0.4, -0.2) is 15.8 Å². The SMILES string of the molecule is NC(CCl)c1ccc2nc[nH]c2c1. The number of aromatic amines is 1. The van der Waals surface area contributed by atoms with Gasteiger partial charge in [-0.15, -0.1) is 11.6 Å². The molecule has 0 spiro atoms. The zero-order valence-electron chi connectivity index (χ0n) is 7.00. The van der Waals surface area contributed by atoms with Crippen LogP contribution in [0.4, 0.5) is 0 Å². The molecule has 3 N–H and O–H groups in total. The van der Waals surface area contributed by atoms with Crippen molar-refractivity contribution in [2.24, 2.45) is 5.73 Å².